The van der Waals surface area contributed by atoms with Crippen LogP contribution in [0, 0.1) is 0 Å². The summed E-state index contributed by atoms with van der Waals surface area (Å²) in [4.78, 5) is 13.3. The van der Waals surface area contributed by atoms with Crippen molar-refractivity contribution in [3.8, 4) is 0 Å². The van der Waals surface area contributed by atoms with Crippen LogP contribution in [0.2, 0.25) is 0 Å². The Morgan fingerprint density at radius 2 is 2.12 bits per heavy atom. The van der Waals surface area contributed by atoms with Crippen molar-refractivity contribution in [2.45, 2.75) is 44.4 Å². The third-order valence-electron chi connectivity index (χ3n) is 2.85. The number of hydrogen-bond acceptors (Lipinski definition) is 4. The predicted molar refractivity (Wildman–Crippen MR) is 59.1 cm³/mol. The molecule has 92 valence electrons. The number of carbonyl (C=O) groups is 1. The molecule has 0 aromatic heterocycles. The molecule has 1 amide bonds. The summed E-state index contributed by atoms with van der Waals surface area (Å²) in [6.45, 7) is 7.40. The van der Waals surface area contributed by atoms with Gasteiger partial charge in [-0.05, 0) is 27.2 Å². The van der Waals surface area contributed by atoms with E-state index in [1.54, 1.807) is 4.90 Å². The van der Waals surface area contributed by atoms with E-state index >= 15 is 0 Å². The standard InChI is InChI=1S/C11H20N2O3/c1-10(2,3)16-9(14)13-6-11(7-13)4-8(12)5-15-11/h8H,4-7,12H2,1-3H3/t8-/m0/s1. The second kappa shape index (κ2) is 3.60. The first-order valence-electron chi connectivity index (χ1n) is 5.67. The van der Waals surface area contributed by atoms with Crippen LogP contribution in [0.15, 0.2) is 0 Å². The van der Waals surface area contributed by atoms with Crippen molar-refractivity contribution in [1.29, 1.82) is 0 Å². The van der Waals surface area contributed by atoms with Crippen molar-refractivity contribution in [1.82, 2.24) is 4.90 Å². The lowest BCUT2D eigenvalue weighted by atomic mass is 9.90. The summed E-state index contributed by atoms with van der Waals surface area (Å²) in [5.41, 5.74) is 5.16. The van der Waals surface area contributed by atoms with Crippen LogP contribution in [0.1, 0.15) is 27.2 Å². The second-order valence-corrected chi connectivity index (χ2v) is 5.79. The Hall–Kier alpha value is -0.810. The van der Waals surface area contributed by atoms with Gasteiger partial charge in [-0.15, -0.1) is 0 Å². The molecule has 0 aromatic carbocycles. The lowest BCUT2D eigenvalue weighted by Gasteiger charge is -2.46. The summed E-state index contributed by atoms with van der Waals surface area (Å²) in [5.74, 6) is 0. The highest BCUT2D eigenvalue weighted by molar-refractivity contribution is 5.69. The third-order valence-corrected chi connectivity index (χ3v) is 2.85. The molecular formula is C11H20N2O3. The maximum Gasteiger partial charge on any atom is 0.410 e. The van der Waals surface area contributed by atoms with Crippen molar-refractivity contribution in [3.05, 3.63) is 0 Å². The lowest BCUT2D eigenvalue weighted by molar-refractivity contribution is -0.109. The van der Waals surface area contributed by atoms with Crippen LogP contribution in [0.5, 0.6) is 0 Å². The number of hydrogen-bond donors (Lipinski definition) is 1. The average molecular weight is 228 g/mol. The Kier molecular flexibility index (Phi) is 2.62. The fourth-order valence-electron chi connectivity index (χ4n) is 2.20. The van der Waals surface area contributed by atoms with E-state index in [0.29, 0.717) is 19.7 Å². The van der Waals surface area contributed by atoms with E-state index in [4.69, 9.17) is 15.2 Å². The molecular weight excluding hydrogens is 208 g/mol. The molecule has 1 atom stereocenters. The minimum atomic E-state index is -0.438. The molecule has 1 spiro atoms. The SMILES string of the molecule is CC(C)(C)OC(=O)N1CC2(C[C@H](N)CO2)C1. The van der Waals surface area contributed by atoms with Crippen LogP contribution in [0.25, 0.3) is 0 Å². The molecule has 2 rings (SSSR count). The Morgan fingerprint density at radius 3 is 2.56 bits per heavy atom. The fourth-order valence-corrected chi connectivity index (χ4v) is 2.20. The Bertz CT molecular complexity index is 292. The number of likely N-dealkylation sites (tertiary alicyclic amines) is 1. The second-order valence-electron chi connectivity index (χ2n) is 5.79. The molecule has 0 bridgehead atoms. The Morgan fingerprint density at radius 1 is 1.50 bits per heavy atom. The summed E-state index contributed by atoms with van der Waals surface area (Å²) in [7, 11) is 0. The van der Waals surface area contributed by atoms with E-state index in [0.717, 1.165) is 6.42 Å². The van der Waals surface area contributed by atoms with E-state index < -0.39 is 5.60 Å². The third kappa shape index (κ3) is 2.30. The summed E-state index contributed by atoms with van der Waals surface area (Å²) in [6, 6.07) is 0.112. The molecule has 2 aliphatic rings. The van der Waals surface area contributed by atoms with Gasteiger partial charge in [0.15, 0.2) is 0 Å². The van der Waals surface area contributed by atoms with Crippen LogP contribution in [-0.2, 0) is 9.47 Å². The van der Waals surface area contributed by atoms with Crippen molar-refractivity contribution < 1.29 is 14.3 Å². The maximum absolute atomic E-state index is 11.7. The van der Waals surface area contributed by atoms with Gasteiger partial charge in [-0.1, -0.05) is 0 Å². The molecule has 0 saturated carbocycles. The van der Waals surface area contributed by atoms with E-state index in [1.165, 1.54) is 0 Å². The van der Waals surface area contributed by atoms with Crippen LogP contribution >= 0.6 is 0 Å². The molecule has 2 fully saturated rings. The van der Waals surface area contributed by atoms with Crippen LogP contribution in [0.3, 0.4) is 0 Å². The molecule has 0 radical (unpaired) electrons. The van der Waals surface area contributed by atoms with Gasteiger partial charge in [0.1, 0.15) is 11.2 Å². The zero-order valence-electron chi connectivity index (χ0n) is 10.2. The Labute approximate surface area is 95.9 Å². The number of nitrogens with zero attached hydrogens (tertiary/aromatic N) is 1. The lowest BCUT2D eigenvalue weighted by Crippen LogP contribution is -2.64. The summed E-state index contributed by atoms with van der Waals surface area (Å²) < 4.78 is 10.9. The number of nitrogens with two attached hydrogens (primary N) is 1. The number of amides is 1. The first-order chi connectivity index (χ1) is 7.30. The Balaban J connectivity index is 1.82. The van der Waals surface area contributed by atoms with Crippen LogP contribution in [0.4, 0.5) is 4.79 Å². The molecule has 0 unspecified atom stereocenters. The minimum Gasteiger partial charge on any atom is -0.444 e. The van der Waals surface area contributed by atoms with Crippen molar-refractivity contribution >= 4 is 6.09 Å². The number of rotatable bonds is 0. The van der Waals surface area contributed by atoms with E-state index in [-0.39, 0.29) is 17.7 Å². The highest BCUT2D eigenvalue weighted by Gasteiger charge is 2.51. The molecule has 2 N–H and O–H groups in total. The predicted octanol–water partition coefficient (Wildman–Crippen LogP) is 0.724. The molecule has 16 heavy (non-hydrogen) atoms. The number of carbonyl (C=O) groups excluding carboxylic acids is 1. The summed E-state index contributed by atoms with van der Waals surface area (Å²) in [6.07, 6.45) is 0.578. The molecule has 0 aliphatic carbocycles. The van der Waals surface area contributed by atoms with Gasteiger partial charge in [-0.25, -0.2) is 4.79 Å². The highest BCUT2D eigenvalue weighted by Crippen LogP contribution is 2.35. The van der Waals surface area contributed by atoms with Gasteiger partial charge in [-0.2, -0.15) is 0 Å². The van der Waals surface area contributed by atoms with Gasteiger partial charge >= 0.3 is 6.09 Å². The highest BCUT2D eigenvalue weighted by atomic mass is 16.6. The average Bonchev–Trinajstić information content (AvgIpc) is 2.41. The largest absolute Gasteiger partial charge is 0.444 e. The summed E-state index contributed by atoms with van der Waals surface area (Å²) in [5, 5.41) is 0. The summed E-state index contributed by atoms with van der Waals surface area (Å²) >= 11 is 0. The molecule has 2 heterocycles. The molecule has 5 nitrogen and oxygen atoms in total. The van der Waals surface area contributed by atoms with E-state index in [1.807, 2.05) is 20.8 Å². The first-order valence-corrected chi connectivity index (χ1v) is 5.67. The maximum atomic E-state index is 11.7. The number of ether oxygens (including phenoxy) is 2. The van der Waals surface area contributed by atoms with Gasteiger partial charge in [0.2, 0.25) is 0 Å². The zero-order chi connectivity index (χ0) is 12.0. The topological polar surface area (TPSA) is 64.8 Å². The molecule has 0 aromatic rings. The quantitative estimate of drug-likeness (QED) is 0.663. The molecule has 2 aliphatic heterocycles. The fraction of sp³-hybridized carbons (Fsp3) is 0.909. The van der Waals surface area contributed by atoms with E-state index in [2.05, 4.69) is 0 Å². The minimum absolute atomic E-state index is 0.112. The smallest absolute Gasteiger partial charge is 0.410 e. The van der Waals surface area contributed by atoms with E-state index in [9.17, 15) is 4.79 Å². The van der Waals surface area contributed by atoms with Gasteiger partial charge in [0.05, 0.1) is 19.7 Å². The van der Waals surface area contributed by atoms with Gasteiger partial charge in [0, 0.05) is 6.04 Å². The van der Waals surface area contributed by atoms with Gasteiger partial charge in [0.25, 0.3) is 0 Å². The zero-order valence-corrected chi connectivity index (χ0v) is 10.2. The van der Waals surface area contributed by atoms with Crippen molar-refractivity contribution in [3.63, 3.8) is 0 Å². The molecule has 2 saturated heterocycles. The van der Waals surface area contributed by atoms with Crippen molar-refractivity contribution in [2.75, 3.05) is 19.7 Å². The van der Waals surface area contributed by atoms with Crippen LogP contribution < -0.4 is 5.73 Å². The van der Waals surface area contributed by atoms with Gasteiger partial charge < -0.3 is 20.1 Å². The monoisotopic (exact) mass is 228 g/mol. The van der Waals surface area contributed by atoms with Gasteiger partial charge in [-0.3, -0.25) is 0 Å². The van der Waals surface area contributed by atoms with Crippen LogP contribution in [-0.4, -0.2) is 47.9 Å². The first kappa shape index (κ1) is 11.7. The normalized spacial score (nSPS) is 28.0. The van der Waals surface area contributed by atoms with Crippen molar-refractivity contribution in [2.24, 2.45) is 5.73 Å². The molecule has 5 heteroatoms.